The van der Waals surface area contributed by atoms with Crippen LogP contribution in [-0.2, 0) is 19.7 Å². The van der Waals surface area contributed by atoms with Crippen molar-refractivity contribution in [2.45, 2.75) is 84.2 Å². The Bertz CT molecular complexity index is 2960. The van der Waals surface area contributed by atoms with E-state index in [-0.39, 0.29) is 19.6 Å². The zero-order valence-corrected chi connectivity index (χ0v) is 39.6. The number of hydrogen-bond acceptors (Lipinski definition) is 10. The third-order valence-electron chi connectivity index (χ3n) is 11.2. The van der Waals surface area contributed by atoms with Crippen molar-refractivity contribution < 1.29 is 46.0 Å². The van der Waals surface area contributed by atoms with E-state index in [1.54, 1.807) is 121 Å². The largest absolute Gasteiger partial charge is 0.457 e. The first-order valence-electron chi connectivity index (χ1n) is 22.1. The average molecular weight is 947 g/mol. The smallest absolute Gasteiger partial charge is 0.206 e. The number of aliphatic hydroxyl groups is 2. The highest BCUT2D eigenvalue weighted by molar-refractivity contribution is 7.91. The summed E-state index contributed by atoms with van der Waals surface area (Å²) in [5.41, 5.74) is -0.555. The molecule has 0 spiro atoms. The van der Waals surface area contributed by atoms with Crippen molar-refractivity contribution in [1.82, 2.24) is 0 Å². The Hall–Kier alpha value is -7.32. The Morgan fingerprint density at radius 2 is 0.603 bits per heavy atom. The molecule has 0 aliphatic carbocycles. The van der Waals surface area contributed by atoms with Gasteiger partial charge >= 0.3 is 0 Å². The fraction of sp³-hybridized carbons (Fsp3) is 0.179. The fourth-order valence-electron chi connectivity index (χ4n) is 6.61. The third-order valence-corrected chi connectivity index (χ3v) is 14.8. The highest BCUT2D eigenvalue weighted by Gasteiger charge is 2.21. The number of benzene rings is 7. The minimum Gasteiger partial charge on any atom is -0.457 e. The van der Waals surface area contributed by atoms with Gasteiger partial charge in [0.05, 0.1) is 19.6 Å². The minimum absolute atomic E-state index is 0.0846. The lowest BCUT2D eigenvalue weighted by Crippen LogP contribution is -2.23. The SMILES string of the molecule is CCC(O)(C#Cc1ccc(Oc2ccc(S(=O)(=O)c3ccc(Oc4cccc(Oc5ccc(S(=O)(=O)c6ccc(Oc7ccc(C#CC(O)(CC)CC)cc7)cc6)cc5)c4)cc3)cc2)cc1)CC. The molecule has 0 atom stereocenters. The summed E-state index contributed by atoms with van der Waals surface area (Å²) in [6, 6.07) is 45.5. The summed E-state index contributed by atoms with van der Waals surface area (Å²) >= 11 is 0. The molecule has 7 aromatic rings. The molecule has 7 aromatic carbocycles. The van der Waals surface area contributed by atoms with Crippen LogP contribution in [0.15, 0.2) is 189 Å². The number of hydrogen-bond donors (Lipinski definition) is 2. The van der Waals surface area contributed by atoms with E-state index in [2.05, 4.69) is 23.7 Å². The first-order chi connectivity index (χ1) is 32.6. The van der Waals surface area contributed by atoms with Crippen LogP contribution in [-0.4, -0.2) is 38.3 Å². The van der Waals surface area contributed by atoms with Gasteiger partial charge in [-0.3, -0.25) is 0 Å². The van der Waals surface area contributed by atoms with E-state index in [4.69, 9.17) is 18.9 Å². The molecule has 0 saturated heterocycles. The average Bonchev–Trinajstić information content (AvgIpc) is 3.36. The Morgan fingerprint density at radius 3 is 0.853 bits per heavy atom. The zero-order valence-electron chi connectivity index (χ0n) is 38.0. The number of rotatable bonds is 16. The highest BCUT2D eigenvalue weighted by Crippen LogP contribution is 2.33. The van der Waals surface area contributed by atoms with E-state index >= 15 is 0 Å². The second kappa shape index (κ2) is 21.1. The van der Waals surface area contributed by atoms with Crippen LogP contribution in [0.3, 0.4) is 0 Å². The molecule has 0 bridgehead atoms. The van der Waals surface area contributed by atoms with Crippen LogP contribution in [0.25, 0.3) is 0 Å². The lowest BCUT2D eigenvalue weighted by molar-refractivity contribution is 0.0927. The van der Waals surface area contributed by atoms with Gasteiger partial charge in [-0.1, -0.05) is 57.4 Å². The maximum atomic E-state index is 13.5. The monoisotopic (exact) mass is 946 g/mol. The van der Waals surface area contributed by atoms with E-state index in [0.717, 1.165) is 11.1 Å². The molecule has 0 amide bonds. The summed E-state index contributed by atoms with van der Waals surface area (Å²) in [6.07, 6.45) is 2.15. The molecule has 0 aliphatic rings. The Balaban J connectivity index is 0.918. The summed E-state index contributed by atoms with van der Waals surface area (Å²) in [5, 5.41) is 20.9. The maximum Gasteiger partial charge on any atom is 0.206 e. The molecule has 0 fully saturated rings. The first-order valence-corrected chi connectivity index (χ1v) is 25.0. The van der Waals surface area contributed by atoms with E-state index < -0.39 is 30.9 Å². The normalized spacial score (nSPS) is 11.6. The van der Waals surface area contributed by atoms with E-state index in [9.17, 15) is 27.0 Å². The molecule has 0 heterocycles. The molecule has 0 saturated carbocycles. The molecular formula is C56H50O10S2. The van der Waals surface area contributed by atoms with Gasteiger partial charge in [-0.2, -0.15) is 0 Å². The minimum atomic E-state index is -3.85. The van der Waals surface area contributed by atoms with Crippen molar-refractivity contribution in [3.05, 3.63) is 181 Å². The van der Waals surface area contributed by atoms with Crippen LogP contribution >= 0.6 is 0 Å². The molecule has 68 heavy (non-hydrogen) atoms. The Labute approximate surface area is 398 Å². The Kier molecular flexibility index (Phi) is 15.1. The van der Waals surface area contributed by atoms with E-state index in [1.807, 2.05) is 27.7 Å². The highest BCUT2D eigenvalue weighted by atomic mass is 32.2. The molecule has 0 radical (unpaired) electrons. The van der Waals surface area contributed by atoms with Gasteiger partial charge in [-0.05, 0) is 183 Å². The van der Waals surface area contributed by atoms with Crippen LogP contribution in [0.5, 0.6) is 46.0 Å². The predicted molar refractivity (Wildman–Crippen MR) is 261 cm³/mol. The van der Waals surface area contributed by atoms with E-state index in [1.165, 1.54) is 48.5 Å². The molecule has 10 nitrogen and oxygen atoms in total. The van der Waals surface area contributed by atoms with Gasteiger partial charge in [0.15, 0.2) is 0 Å². The molecule has 0 aromatic heterocycles. The summed E-state index contributed by atoms with van der Waals surface area (Å²) in [4.78, 5) is 0.363. The third kappa shape index (κ3) is 12.2. The van der Waals surface area contributed by atoms with E-state index in [0.29, 0.717) is 71.7 Å². The number of sulfone groups is 2. The lowest BCUT2D eigenvalue weighted by Gasteiger charge is -2.17. The summed E-state index contributed by atoms with van der Waals surface area (Å²) in [6.45, 7) is 7.57. The van der Waals surface area contributed by atoms with Gasteiger partial charge in [0, 0.05) is 17.2 Å². The molecular weight excluding hydrogens is 897 g/mol. The van der Waals surface area contributed by atoms with Crippen LogP contribution in [0, 0.1) is 23.7 Å². The van der Waals surface area contributed by atoms with Crippen molar-refractivity contribution in [2.24, 2.45) is 0 Å². The van der Waals surface area contributed by atoms with Gasteiger partial charge in [0.25, 0.3) is 0 Å². The fourth-order valence-corrected chi connectivity index (χ4v) is 9.13. The quantitative estimate of drug-likeness (QED) is 0.0898. The van der Waals surface area contributed by atoms with Crippen molar-refractivity contribution in [3.8, 4) is 69.7 Å². The van der Waals surface area contributed by atoms with Gasteiger partial charge in [0.2, 0.25) is 19.7 Å². The summed E-state index contributed by atoms with van der Waals surface area (Å²) in [7, 11) is -7.71. The molecule has 2 N–H and O–H groups in total. The van der Waals surface area contributed by atoms with Gasteiger partial charge < -0.3 is 29.2 Å². The first kappa shape index (κ1) is 48.6. The molecule has 0 aliphatic heterocycles. The lowest BCUT2D eigenvalue weighted by atomic mass is 9.98. The summed E-state index contributed by atoms with van der Waals surface area (Å²) < 4.78 is 77.9. The second-order valence-corrected chi connectivity index (χ2v) is 19.7. The predicted octanol–water partition coefficient (Wildman–Crippen LogP) is 12.3. The van der Waals surface area contributed by atoms with Crippen molar-refractivity contribution in [3.63, 3.8) is 0 Å². The Morgan fingerprint density at radius 1 is 0.368 bits per heavy atom. The molecule has 346 valence electrons. The maximum absolute atomic E-state index is 13.5. The molecule has 12 heteroatoms. The van der Waals surface area contributed by atoms with Crippen molar-refractivity contribution in [2.75, 3.05) is 0 Å². The van der Waals surface area contributed by atoms with Crippen molar-refractivity contribution in [1.29, 1.82) is 0 Å². The van der Waals surface area contributed by atoms with Crippen LogP contribution in [0.2, 0.25) is 0 Å². The van der Waals surface area contributed by atoms with Gasteiger partial charge in [-0.15, -0.1) is 0 Å². The van der Waals surface area contributed by atoms with Crippen LogP contribution in [0.1, 0.15) is 64.5 Å². The molecule has 7 rings (SSSR count). The van der Waals surface area contributed by atoms with Crippen LogP contribution < -0.4 is 18.9 Å². The standard InChI is InChI=1S/C56H50O10S2/c1-5-55(57,6-2)38-36-41-12-16-43(17-13-41)63-45-20-28-51(29-21-45)67(59,60)53-32-24-47(25-33-53)65-49-10-9-11-50(40-49)66-48-26-34-54(35-27-48)68(61,62)52-30-22-46(23-31-52)64-44-18-14-42(15-19-44)37-39-56(58,7-3)8-4/h9-35,40,57-58H,5-8H2,1-4H3. The van der Waals surface area contributed by atoms with Crippen molar-refractivity contribution >= 4 is 19.7 Å². The van der Waals surface area contributed by atoms with Gasteiger partial charge in [-0.25, -0.2) is 16.8 Å². The second-order valence-electron chi connectivity index (χ2n) is 15.8. The van der Waals surface area contributed by atoms with Gasteiger partial charge in [0.1, 0.15) is 57.2 Å². The number of ether oxygens (including phenoxy) is 4. The topological polar surface area (TPSA) is 146 Å². The zero-order chi connectivity index (χ0) is 48.4. The van der Waals surface area contributed by atoms with Crippen LogP contribution in [0.4, 0.5) is 0 Å². The summed E-state index contributed by atoms with van der Waals surface area (Å²) in [5.74, 6) is 15.6. The molecule has 0 unspecified atom stereocenters.